The molecule has 0 aliphatic carbocycles. The molecule has 0 aliphatic heterocycles. The molecule has 0 unspecified atom stereocenters. The molecule has 0 spiro atoms. The van der Waals surface area contributed by atoms with Crippen LogP contribution in [0.1, 0.15) is 46.6 Å². The summed E-state index contributed by atoms with van der Waals surface area (Å²) in [4.78, 5) is 17.6. The van der Waals surface area contributed by atoms with Gasteiger partial charge in [0.05, 0.1) is 0 Å². The van der Waals surface area contributed by atoms with Crippen molar-refractivity contribution < 1.29 is 9.53 Å². The van der Waals surface area contributed by atoms with E-state index in [2.05, 4.69) is 39.9 Å². The van der Waals surface area contributed by atoms with Crippen LogP contribution >= 0.6 is 0 Å². The number of hydrogen-bond donors (Lipinski definition) is 1. The van der Waals surface area contributed by atoms with E-state index in [0.29, 0.717) is 5.75 Å². The number of para-hydroxylation sites is 1. The fraction of sp³-hybridized carbons (Fsp3) is 0.267. The molecule has 0 saturated heterocycles. The first kappa shape index (κ1) is 24.3. The van der Waals surface area contributed by atoms with E-state index in [1.165, 1.54) is 6.08 Å². The molecule has 0 fully saturated rings. The maximum absolute atomic E-state index is 12.7. The van der Waals surface area contributed by atoms with Crippen LogP contribution in [0.4, 0.5) is 5.82 Å². The highest BCUT2D eigenvalue weighted by atomic mass is 16.5. The summed E-state index contributed by atoms with van der Waals surface area (Å²) >= 11 is 0. The van der Waals surface area contributed by atoms with Crippen molar-refractivity contribution in [3.8, 4) is 17.0 Å². The quantitative estimate of drug-likeness (QED) is 0.177. The number of carbonyl (C=O) groups is 1. The molecular formula is C30H33N3O2. The van der Waals surface area contributed by atoms with Crippen LogP contribution in [0.2, 0.25) is 0 Å². The van der Waals surface area contributed by atoms with Gasteiger partial charge < -0.3 is 10.1 Å². The van der Waals surface area contributed by atoms with Crippen LogP contribution in [0.15, 0.2) is 85.1 Å². The number of imidazole rings is 1. The number of aromatic nitrogens is 2. The Balaban J connectivity index is 1.70. The minimum Gasteiger partial charge on any atom is -0.423 e. The zero-order valence-corrected chi connectivity index (χ0v) is 21.1. The first-order valence-corrected chi connectivity index (χ1v) is 11.9. The van der Waals surface area contributed by atoms with E-state index in [9.17, 15) is 4.79 Å². The number of anilines is 1. The van der Waals surface area contributed by atoms with Gasteiger partial charge in [0.15, 0.2) is 0 Å². The SMILES string of the molecule is CC(C)(C)CC(C)(C)Nc1c(-c2ccccc2OC(=O)C=Cc2ccccc2)nc2ccccn12. The van der Waals surface area contributed by atoms with Gasteiger partial charge in [0.25, 0.3) is 0 Å². The molecule has 0 bridgehead atoms. The number of benzene rings is 2. The van der Waals surface area contributed by atoms with Crippen LogP contribution in [0.3, 0.4) is 0 Å². The predicted molar refractivity (Wildman–Crippen MR) is 144 cm³/mol. The van der Waals surface area contributed by atoms with Crippen LogP contribution in [-0.2, 0) is 4.79 Å². The van der Waals surface area contributed by atoms with Gasteiger partial charge in [-0.25, -0.2) is 9.78 Å². The number of carbonyl (C=O) groups excluding carboxylic acids is 1. The topological polar surface area (TPSA) is 55.6 Å². The molecule has 4 rings (SSSR count). The Labute approximate surface area is 207 Å². The monoisotopic (exact) mass is 467 g/mol. The van der Waals surface area contributed by atoms with Gasteiger partial charge in [0, 0.05) is 23.4 Å². The fourth-order valence-corrected chi connectivity index (χ4v) is 4.62. The molecule has 0 amide bonds. The maximum atomic E-state index is 12.7. The molecule has 5 nitrogen and oxygen atoms in total. The lowest BCUT2D eigenvalue weighted by Crippen LogP contribution is -2.36. The summed E-state index contributed by atoms with van der Waals surface area (Å²) in [5, 5.41) is 3.74. The summed E-state index contributed by atoms with van der Waals surface area (Å²) in [6, 6.07) is 23.1. The largest absolute Gasteiger partial charge is 0.423 e. The van der Waals surface area contributed by atoms with Crippen LogP contribution in [0.5, 0.6) is 5.75 Å². The lowest BCUT2D eigenvalue weighted by molar-refractivity contribution is -0.128. The minimum atomic E-state index is -0.437. The molecule has 180 valence electrons. The van der Waals surface area contributed by atoms with Gasteiger partial charge in [-0.15, -0.1) is 0 Å². The van der Waals surface area contributed by atoms with Gasteiger partial charge in [-0.05, 0) is 61.6 Å². The predicted octanol–water partition coefficient (Wildman–Crippen LogP) is 7.25. The Morgan fingerprint density at radius 2 is 1.63 bits per heavy atom. The molecule has 0 atom stereocenters. The summed E-state index contributed by atoms with van der Waals surface area (Å²) in [5.41, 5.74) is 3.21. The van der Waals surface area contributed by atoms with Gasteiger partial charge in [-0.1, -0.05) is 69.3 Å². The average molecular weight is 468 g/mol. The normalized spacial score (nSPS) is 12.3. The van der Waals surface area contributed by atoms with Gasteiger partial charge >= 0.3 is 5.97 Å². The van der Waals surface area contributed by atoms with E-state index in [-0.39, 0.29) is 11.0 Å². The van der Waals surface area contributed by atoms with Crippen molar-refractivity contribution in [2.75, 3.05) is 5.32 Å². The number of esters is 1. The van der Waals surface area contributed by atoms with Crippen molar-refractivity contribution in [3.05, 3.63) is 90.6 Å². The summed E-state index contributed by atoms with van der Waals surface area (Å²) < 4.78 is 7.83. The molecule has 2 heterocycles. The van der Waals surface area contributed by atoms with Crippen LogP contribution in [0.25, 0.3) is 23.0 Å². The van der Waals surface area contributed by atoms with Gasteiger partial charge in [0.2, 0.25) is 0 Å². The highest BCUT2D eigenvalue weighted by Gasteiger charge is 2.28. The molecule has 35 heavy (non-hydrogen) atoms. The third-order valence-corrected chi connectivity index (χ3v) is 5.52. The van der Waals surface area contributed by atoms with E-state index in [0.717, 1.165) is 34.7 Å². The Morgan fingerprint density at radius 3 is 2.37 bits per heavy atom. The molecule has 5 heteroatoms. The van der Waals surface area contributed by atoms with E-state index in [1.807, 2.05) is 77.3 Å². The van der Waals surface area contributed by atoms with Crippen LogP contribution in [0, 0.1) is 5.41 Å². The number of nitrogens with zero attached hydrogens (tertiary/aromatic N) is 2. The van der Waals surface area contributed by atoms with Crippen molar-refractivity contribution >= 4 is 23.5 Å². The van der Waals surface area contributed by atoms with Crippen molar-refractivity contribution in [1.82, 2.24) is 9.38 Å². The zero-order valence-electron chi connectivity index (χ0n) is 21.1. The van der Waals surface area contributed by atoms with Crippen molar-refractivity contribution in [2.24, 2.45) is 5.41 Å². The second-order valence-electron chi connectivity index (χ2n) is 10.6. The number of hydrogen-bond acceptors (Lipinski definition) is 4. The second-order valence-corrected chi connectivity index (χ2v) is 10.6. The van der Waals surface area contributed by atoms with Crippen LogP contribution in [-0.4, -0.2) is 20.9 Å². The van der Waals surface area contributed by atoms with Crippen LogP contribution < -0.4 is 10.1 Å². The van der Waals surface area contributed by atoms with E-state index in [4.69, 9.17) is 9.72 Å². The number of pyridine rings is 1. The first-order chi connectivity index (χ1) is 16.6. The average Bonchev–Trinajstić information content (AvgIpc) is 3.15. The first-order valence-electron chi connectivity index (χ1n) is 11.9. The number of rotatable bonds is 7. The molecule has 1 N–H and O–H groups in total. The molecule has 2 aromatic heterocycles. The highest BCUT2D eigenvalue weighted by Crippen LogP contribution is 2.38. The third kappa shape index (κ3) is 6.18. The van der Waals surface area contributed by atoms with Crippen molar-refractivity contribution in [1.29, 1.82) is 0 Å². The fourth-order valence-electron chi connectivity index (χ4n) is 4.62. The Hall–Kier alpha value is -3.86. The van der Waals surface area contributed by atoms with E-state index < -0.39 is 5.97 Å². The highest BCUT2D eigenvalue weighted by molar-refractivity contribution is 5.90. The molecular weight excluding hydrogens is 434 g/mol. The Kier molecular flexibility index (Phi) is 6.79. The summed E-state index contributed by atoms with van der Waals surface area (Å²) in [5.74, 6) is 0.904. The zero-order chi connectivity index (χ0) is 25.1. The van der Waals surface area contributed by atoms with Crippen molar-refractivity contribution in [2.45, 2.75) is 46.6 Å². The summed E-state index contributed by atoms with van der Waals surface area (Å²) in [6.07, 6.45) is 6.15. The van der Waals surface area contributed by atoms with Gasteiger partial charge in [-0.3, -0.25) is 4.40 Å². The Morgan fingerprint density at radius 1 is 0.943 bits per heavy atom. The van der Waals surface area contributed by atoms with Crippen molar-refractivity contribution in [3.63, 3.8) is 0 Å². The standard InChI is InChI=1S/C30H33N3O2/c1-29(2,3)21-30(4,5)32-28-27(31-25-17-11-12-20-33(25)28)23-15-9-10-16-24(23)35-26(34)19-18-22-13-7-6-8-14-22/h6-20,32H,21H2,1-5H3. The number of fused-ring (bicyclic) bond motifs is 1. The van der Waals surface area contributed by atoms with E-state index >= 15 is 0 Å². The molecule has 4 aromatic rings. The molecule has 0 saturated carbocycles. The Bertz CT molecular complexity index is 1350. The lowest BCUT2D eigenvalue weighted by atomic mass is 9.82. The summed E-state index contributed by atoms with van der Waals surface area (Å²) in [7, 11) is 0. The molecule has 0 aliphatic rings. The maximum Gasteiger partial charge on any atom is 0.336 e. The number of ether oxygens (including phenoxy) is 1. The second kappa shape index (κ2) is 9.79. The number of nitrogens with one attached hydrogen (secondary N) is 1. The lowest BCUT2D eigenvalue weighted by Gasteiger charge is -2.34. The molecule has 0 radical (unpaired) electrons. The smallest absolute Gasteiger partial charge is 0.336 e. The minimum absolute atomic E-state index is 0.148. The van der Waals surface area contributed by atoms with Gasteiger partial charge in [-0.2, -0.15) is 0 Å². The van der Waals surface area contributed by atoms with Gasteiger partial charge in [0.1, 0.15) is 22.9 Å². The molecule has 2 aromatic carbocycles. The summed E-state index contributed by atoms with van der Waals surface area (Å²) in [6.45, 7) is 11.1. The van der Waals surface area contributed by atoms with E-state index in [1.54, 1.807) is 12.1 Å². The third-order valence-electron chi connectivity index (χ3n) is 5.52.